The van der Waals surface area contributed by atoms with Crippen LogP contribution in [0.5, 0.6) is 0 Å². The van der Waals surface area contributed by atoms with Crippen molar-refractivity contribution in [2.45, 2.75) is 25.4 Å². The lowest BCUT2D eigenvalue weighted by atomic mass is 10.2. The van der Waals surface area contributed by atoms with E-state index in [1.54, 1.807) is 6.07 Å². The van der Waals surface area contributed by atoms with Crippen molar-refractivity contribution in [3.63, 3.8) is 0 Å². The van der Waals surface area contributed by atoms with Crippen molar-refractivity contribution in [1.82, 2.24) is 5.32 Å². The van der Waals surface area contributed by atoms with Crippen molar-refractivity contribution < 1.29 is 14.3 Å². The summed E-state index contributed by atoms with van der Waals surface area (Å²) in [5.41, 5.74) is 0.763. The second-order valence-electron chi connectivity index (χ2n) is 5.25. The Hall–Kier alpha value is -1.30. The summed E-state index contributed by atoms with van der Waals surface area (Å²) in [4.78, 5) is 11.7. The molecule has 1 aromatic carbocycles. The minimum atomic E-state index is -0.0564. The van der Waals surface area contributed by atoms with Gasteiger partial charge >= 0.3 is 0 Å². The topological polar surface area (TPSA) is 59.6 Å². The SMILES string of the molecule is O=C(CNc1ccccc1Cl)NCCCOC[C@H]1CCCO1. The van der Waals surface area contributed by atoms with Crippen LogP contribution in [0.1, 0.15) is 19.3 Å². The van der Waals surface area contributed by atoms with E-state index in [0.29, 0.717) is 24.8 Å². The smallest absolute Gasteiger partial charge is 0.239 e. The average molecular weight is 327 g/mol. The zero-order valence-corrected chi connectivity index (χ0v) is 13.4. The molecule has 1 aliphatic rings. The van der Waals surface area contributed by atoms with Crippen LogP contribution in [-0.2, 0) is 14.3 Å². The third kappa shape index (κ3) is 6.22. The molecule has 1 amide bonds. The highest BCUT2D eigenvalue weighted by Crippen LogP contribution is 2.19. The Bertz CT molecular complexity index is 464. The second-order valence-corrected chi connectivity index (χ2v) is 5.65. The predicted molar refractivity (Wildman–Crippen MR) is 87.4 cm³/mol. The Balaban J connectivity index is 1.48. The third-order valence-electron chi connectivity index (χ3n) is 3.43. The number of amides is 1. The molecule has 1 heterocycles. The first kappa shape index (κ1) is 17.1. The first-order valence-electron chi connectivity index (χ1n) is 7.70. The molecule has 0 aliphatic carbocycles. The summed E-state index contributed by atoms with van der Waals surface area (Å²) in [6.07, 6.45) is 3.27. The van der Waals surface area contributed by atoms with Crippen molar-refractivity contribution in [2.24, 2.45) is 0 Å². The number of halogens is 1. The Morgan fingerprint density at radius 2 is 2.27 bits per heavy atom. The fourth-order valence-electron chi connectivity index (χ4n) is 2.24. The van der Waals surface area contributed by atoms with Crippen molar-refractivity contribution >= 4 is 23.2 Å². The highest BCUT2D eigenvalue weighted by atomic mass is 35.5. The Morgan fingerprint density at radius 1 is 1.41 bits per heavy atom. The largest absolute Gasteiger partial charge is 0.379 e. The van der Waals surface area contributed by atoms with Gasteiger partial charge in [0.15, 0.2) is 0 Å². The van der Waals surface area contributed by atoms with Crippen LogP contribution in [0, 0.1) is 0 Å². The van der Waals surface area contributed by atoms with Gasteiger partial charge in [-0.15, -0.1) is 0 Å². The van der Waals surface area contributed by atoms with Crippen LogP contribution in [0.3, 0.4) is 0 Å². The molecule has 0 spiro atoms. The van der Waals surface area contributed by atoms with Gasteiger partial charge in [-0.25, -0.2) is 0 Å². The molecule has 0 saturated carbocycles. The molecule has 1 saturated heterocycles. The average Bonchev–Trinajstić information content (AvgIpc) is 3.03. The van der Waals surface area contributed by atoms with E-state index >= 15 is 0 Å². The van der Waals surface area contributed by atoms with Gasteiger partial charge < -0.3 is 20.1 Å². The molecule has 1 fully saturated rings. The first-order valence-corrected chi connectivity index (χ1v) is 8.08. The lowest BCUT2D eigenvalue weighted by Crippen LogP contribution is -2.31. The fourth-order valence-corrected chi connectivity index (χ4v) is 2.44. The number of ether oxygens (including phenoxy) is 2. The van der Waals surface area contributed by atoms with E-state index in [0.717, 1.165) is 31.6 Å². The van der Waals surface area contributed by atoms with Gasteiger partial charge in [0.1, 0.15) is 0 Å². The molecule has 0 aromatic heterocycles. The maximum absolute atomic E-state index is 11.7. The van der Waals surface area contributed by atoms with Gasteiger partial charge in [-0.1, -0.05) is 23.7 Å². The number of carbonyl (C=O) groups is 1. The van der Waals surface area contributed by atoms with Gasteiger partial charge in [0.2, 0.25) is 5.91 Å². The lowest BCUT2D eigenvalue weighted by Gasteiger charge is -2.11. The summed E-state index contributed by atoms with van der Waals surface area (Å²) in [5.74, 6) is -0.0564. The molecule has 0 radical (unpaired) electrons. The minimum absolute atomic E-state index is 0.0564. The van der Waals surface area contributed by atoms with Crippen molar-refractivity contribution in [3.8, 4) is 0 Å². The van der Waals surface area contributed by atoms with Crippen LogP contribution < -0.4 is 10.6 Å². The van der Waals surface area contributed by atoms with E-state index < -0.39 is 0 Å². The van der Waals surface area contributed by atoms with E-state index in [-0.39, 0.29) is 18.6 Å². The van der Waals surface area contributed by atoms with Gasteiger partial charge in [0, 0.05) is 19.8 Å². The summed E-state index contributed by atoms with van der Waals surface area (Å²) in [7, 11) is 0. The van der Waals surface area contributed by atoms with Gasteiger partial charge in [-0.3, -0.25) is 4.79 Å². The fraction of sp³-hybridized carbons (Fsp3) is 0.562. The molecule has 2 N–H and O–H groups in total. The number of rotatable bonds is 9. The minimum Gasteiger partial charge on any atom is -0.379 e. The summed E-state index contributed by atoms with van der Waals surface area (Å²) in [6, 6.07) is 7.35. The first-order chi connectivity index (χ1) is 10.8. The zero-order chi connectivity index (χ0) is 15.6. The van der Waals surface area contributed by atoms with Crippen molar-refractivity contribution in [3.05, 3.63) is 29.3 Å². The summed E-state index contributed by atoms with van der Waals surface area (Å²) >= 11 is 6.00. The molecule has 6 heteroatoms. The van der Waals surface area contributed by atoms with Crippen molar-refractivity contribution in [2.75, 3.05) is 38.2 Å². The number of benzene rings is 1. The van der Waals surface area contributed by atoms with Crippen LogP contribution in [0.2, 0.25) is 5.02 Å². The Labute approximate surface area is 136 Å². The quantitative estimate of drug-likeness (QED) is 0.684. The molecule has 0 bridgehead atoms. The number of hydrogen-bond acceptors (Lipinski definition) is 4. The van der Waals surface area contributed by atoms with Gasteiger partial charge in [-0.2, -0.15) is 0 Å². The molecular formula is C16H23ClN2O3. The predicted octanol–water partition coefficient (Wildman–Crippen LogP) is 2.45. The molecule has 5 nitrogen and oxygen atoms in total. The molecule has 22 heavy (non-hydrogen) atoms. The van der Waals surface area contributed by atoms with E-state index in [4.69, 9.17) is 21.1 Å². The third-order valence-corrected chi connectivity index (χ3v) is 3.76. The van der Waals surface area contributed by atoms with Crippen LogP contribution >= 0.6 is 11.6 Å². The normalized spacial score (nSPS) is 17.4. The number of nitrogens with one attached hydrogen (secondary N) is 2. The highest BCUT2D eigenvalue weighted by molar-refractivity contribution is 6.33. The van der Waals surface area contributed by atoms with E-state index in [2.05, 4.69) is 10.6 Å². The summed E-state index contributed by atoms with van der Waals surface area (Å²) in [6.45, 7) is 2.96. The molecule has 0 unspecified atom stereocenters. The molecule has 2 rings (SSSR count). The molecule has 1 atom stereocenters. The van der Waals surface area contributed by atoms with Crippen LogP contribution in [0.4, 0.5) is 5.69 Å². The Morgan fingerprint density at radius 3 is 3.05 bits per heavy atom. The highest BCUT2D eigenvalue weighted by Gasteiger charge is 2.14. The van der Waals surface area contributed by atoms with Crippen molar-refractivity contribution in [1.29, 1.82) is 0 Å². The molecule has 122 valence electrons. The molecular weight excluding hydrogens is 304 g/mol. The molecule has 1 aromatic rings. The number of para-hydroxylation sites is 1. The van der Waals surface area contributed by atoms with Gasteiger partial charge in [-0.05, 0) is 31.4 Å². The van der Waals surface area contributed by atoms with Crippen LogP contribution in [0.25, 0.3) is 0 Å². The van der Waals surface area contributed by atoms with E-state index in [9.17, 15) is 4.79 Å². The Kier molecular flexibility index (Phi) is 7.49. The standard InChI is InChI=1S/C16H23ClN2O3/c17-14-6-1-2-7-15(14)19-11-16(20)18-8-4-9-21-12-13-5-3-10-22-13/h1-2,6-7,13,19H,3-5,8-12H2,(H,18,20)/t13-/m1/s1. The zero-order valence-electron chi connectivity index (χ0n) is 12.6. The lowest BCUT2D eigenvalue weighted by molar-refractivity contribution is -0.119. The maximum atomic E-state index is 11.7. The summed E-state index contributed by atoms with van der Waals surface area (Å²) < 4.78 is 11.0. The number of hydrogen-bond donors (Lipinski definition) is 2. The summed E-state index contributed by atoms with van der Waals surface area (Å²) in [5, 5.41) is 6.46. The van der Waals surface area contributed by atoms with Crippen LogP contribution in [-0.4, -0.2) is 44.9 Å². The number of carbonyl (C=O) groups excluding carboxylic acids is 1. The van der Waals surface area contributed by atoms with Crippen LogP contribution in [0.15, 0.2) is 24.3 Å². The molecule has 1 aliphatic heterocycles. The van der Waals surface area contributed by atoms with E-state index in [1.807, 2.05) is 18.2 Å². The van der Waals surface area contributed by atoms with Gasteiger partial charge in [0.05, 0.1) is 30.0 Å². The maximum Gasteiger partial charge on any atom is 0.239 e. The monoisotopic (exact) mass is 326 g/mol. The second kappa shape index (κ2) is 9.66. The van der Waals surface area contributed by atoms with Gasteiger partial charge in [0.25, 0.3) is 0 Å². The number of anilines is 1. The van der Waals surface area contributed by atoms with E-state index in [1.165, 1.54) is 0 Å².